The van der Waals surface area contributed by atoms with Crippen molar-refractivity contribution in [1.82, 2.24) is 9.88 Å². The van der Waals surface area contributed by atoms with Crippen LogP contribution in [-0.2, 0) is 19.1 Å². The fraction of sp³-hybridized carbons (Fsp3) is 0.529. The number of hydrogen-bond donors (Lipinski definition) is 1. The molecule has 136 valence electrons. The number of rotatable bonds is 5. The van der Waals surface area contributed by atoms with E-state index in [-0.39, 0.29) is 25.7 Å². The van der Waals surface area contributed by atoms with Crippen molar-refractivity contribution < 1.29 is 23.9 Å². The molecule has 0 aromatic carbocycles. The maximum absolute atomic E-state index is 12.7. The number of nitrogens with one attached hydrogen (secondary N) is 1. The first kappa shape index (κ1) is 18.7. The first-order valence-electron chi connectivity index (χ1n) is 8.36. The molecule has 1 fully saturated rings. The van der Waals surface area contributed by atoms with Crippen molar-refractivity contribution in [2.75, 3.05) is 31.6 Å². The zero-order valence-electron chi connectivity index (χ0n) is 14.4. The smallest absolute Gasteiger partial charge is 0.409 e. The number of likely N-dealkylation sites (tertiary alicyclic amines) is 1. The minimum Gasteiger partial charge on any atom is -0.466 e. The van der Waals surface area contributed by atoms with Crippen molar-refractivity contribution >= 4 is 23.7 Å². The fourth-order valence-electron chi connectivity index (χ4n) is 2.80. The Morgan fingerprint density at radius 2 is 1.84 bits per heavy atom. The molecule has 2 rings (SSSR count). The standard InChI is InChI=1S/C17H23N3O5/c1-3-24-16(22)13-7-10-20(17(23)25-4-2)11-14(13)15(21)19-12-5-8-18-9-6-12/h5-6,8-9,13-14H,3-4,7,10-11H2,1-2H3,(H,18,19,21). The predicted octanol–water partition coefficient (Wildman–Crippen LogP) is 1.68. The number of hydrogen-bond acceptors (Lipinski definition) is 6. The summed E-state index contributed by atoms with van der Waals surface area (Å²) in [5.41, 5.74) is 0.580. The van der Waals surface area contributed by atoms with E-state index in [4.69, 9.17) is 9.47 Å². The van der Waals surface area contributed by atoms with Crippen molar-refractivity contribution in [1.29, 1.82) is 0 Å². The van der Waals surface area contributed by atoms with Crippen LogP contribution < -0.4 is 5.32 Å². The highest BCUT2D eigenvalue weighted by molar-refractivity contribution is 5.95. The van der Waals surface area contributed by atoms with Crippen molar-refractivity contribution in [2.45, 2.75) is 20.3 Å². The number of esters is 1. The number of carbonyl (C=O) groups excluding carboxylic acids is 3. The molecule has 8 heteroatoms. The summed E-state index contributed by atoms with van der Waals surface area (Å²) < 4.78 is 10.1. The van der Waals surface area contributed by atoms with E-state index < -0.39 is 23.9 Å². The number of piperidine rings is 1. The highest BCUT2D eigenvalue weighted by Gasteiger charge is 2.41. The first-order chi connectivity index (χ1) is 12.1. The number of amides is 2. The lowest BCUT2D eigenvalue weighted by Crippen LogP contribution is -2.50. The van der Waals surface area contributed by atoms with Crippen LogP contribution in [-0.4, -0.2) is 54.2 Å². The largest absolute Gasteiger partial charge is 0.466 e. The van der Waals surface area contributed by atoms with Gasteiger partial charge in [0.25, 0.3) is 0 Å². The second-order valence-corrected chi connectivity index (χ2v) is 5.62. The van der Waals surface area contributed by atoms with Crippen molar-refractivity contribution in [3.05, 3.63) is 24.5 Å². The lowest BCUT2D eigenvalue weighted by Gasteiger charge is -2.35. The summed E-state index contributed by atoms with van der Waals surface area (Å²) in [4.78, 5) is 42.2. The van der Waals surface area contributed by atoms with Gasteiger partial charge in [0.05, 0.1) is 25.0 Å². The van der Waals surface area contributed by atoms with Gasteiger partial charge in [-0.25, -0.2) is 4.79 Å². The molecule has 2 atom stereocenters. The maximum atomic E-state index is 12.7. The van der Waals surface area contributed by atoms with E-state index in [1.165, 1.54) is 4.90 Å². The second kappa shape index (κ2) is 9.00. The summed E-state index contributed by atoms with van der Waals surface area (Å²) in [5, 5.41) is 2.76. The van der Waals surface area contributed by atoms with Crippen LogP contribution in [0.25, 0.3) is 0 Å². The molecule has 1 N–H and O–H groups in total. The molecule has 8 nitrogen and oxygen atoms in total. The minimum absolute atomic E-state index is 0.110. The summed E-state index contributed by atoms with van der Waals surface area (Å²) in [6.07, 6.45) is 2.99. The second-order valence-electron chi connectivity index (χ2n) is 5.62. The Labute approximate surface area is 146 Å². The Bertz CT molecular complexity index is 608. The van der Waals surface area contributed by atoms with Gasteiger partial charge in [-0.3, -0.25) is 14.6 Å². The van der Waals surface area contributed by atoms with Crippen LogP contribution in [0.5, 0.6) is 0 Å². The zero-order chi connectivity index (χ0) is 18.2. The van der Waals surface area contributed by atoms with E-state index in [2.05, 4.69) is 10.3 Å². The van der Waals surface area contributed by atoms with Crippen LogP contribution in [0.1, 0.15) is 20.3 Å². The van der Waals surface area contributed by atoms with Gasteiger partial charge in [0, 0.05) is 31.2 Å². The van der Waals surface area contributed by atoms with Crippen LogP contribution in [0, 0.1) is 11.8 Å². The summed E-state index contributed by atoms with van der Waals surface area (Å²) >= 11 is 0. The number of pyridine rings is 1. The molecule has 2 amide bonds. The number of carbonyl (C=O) groups is 3. The monoisotopic (exact) mass is 349 g/mol. The Kier molecular flexibility index (Phi) is 6.73. The number of nitrogens with zero attached hydrogens (tertiary/aromatic N) is 2. The quantitative estimate of drug-likeness (QED) is 0.812. The lowest BCUT2D eigenvalue weighted by atomic mass is 9.84. The molecule has 2 heterocycles. The third kappa shape index (κ3) is 4.91. The number of anilines is 1. The van der Waals surface area contributed by atoms with Gasteiger partial charge in [-0.1, -0.05) is 0 Å². The average Bonchev–Trinajstić information content (AvgIpc) is 2.62. The van der Waals surface area contributed by atoms with E-state index in [0.29, 0.717) is 18.7 Å². The summed E-state index contributed by atoms with van der Waals surface area (Å²) in [6.45, 7) is 4.40. The van der Waals surface area contributed by atoms with Gasteiger partial charge in [-0.15, -0.1) is 0 Å². The third-order valence-corrected chi connectivity index (χ3v) is 4.01. The van der Waals surface area contributed by atoms with Gasteiger partial charge in [0.1, 0.15) is 0 Å². The topological polar surface area (TPSA) is 97.8 Å². The SMILES string of the molecule is CCOC(=O)C1CCN(C(=O)OCC)CC1C(=O)Nc1ccncc1. The average molecular weight is 349 g/mol. The molecule has 0 spiro atoms. The number of aromatic nitrogens is 1. The highest BCUT2D eigenvalue weighted by Crippen LogP contribution is 2.27. The Morgan fingerprint density at radius 1 is 1.16 bits per heavy atom. The summed E-state index contributed by atoms with van der Waals surface area (Å²) in [5.74, 6) is -2.04. The first-order valence-corrected chi connectivity index (χ1v) is 8.36. The molecule has 25 heavy (non-hydrogen) atoms. The predicted molar refractivity (Wildman–Crippen MR) is 89.7 cm³/mol. The molecule has 1 saturated heterocycles. The Balaban J connectivity index is 2.14. The molecule has 0 aliphatic carbocycles. The molecule has 1 aromatic heterocycles. The summed E-state index contributed by atoms with van der Waals surface area (Å²) in [7, 11) is 0. The zero-order valence-corrected chi connectivity index (χ0v) is 14.4. The molecule has 1 aliphatic rings. The van der Waals surface area contributed by atoms with Crippen LogP contribution in [0.15, 0.2) is 24.5 Å². The highest BCUT2D eigenvalue weighted by atomic mass is 16.6. The van der Waals surface area contributed by atoms with E-state index in [1.807, 2.05) is 0 Å². The lowest BCUT2D eigenvalue weighted by molar-refractivity contribution is -0.154. The molecule has 2 unspecified atom stereocenters. The van der Waals surface area contributed by atoms with E-state index in [0.717, 1.165) is 0 Å². The maximum Gasteiger partial charge on any atom is 0.409 e. The molecule has 1 aliphatic heterocycles. The Hall–Kier alpha value is -2.64. The fourth-order valence-corrected chi connectivity index (χ4v) is 2.80. The van der Waals surface area contributed by atoms with Crippen molar-refractivity contribution in [3.63, 3.8) is 0 Å². The van der Waals surface area contributed by atoms with Gasteiger partial charge in [0.2, 0.25) is 5.91 Å². The van der Waals surface area contributed by atoms with E-state index >= 15 is 0 Å². The third-order valence-electron chi connectivity index (χ3n) is 4.01. The summed E-state index contributed by atoms with van der Waals surface area (Å²) in [6, 6.07) is 3.31. The van der Waals surface area contributed by atoms with Gasteiger partial charge >= 0.3 is 12.1 Å². The van der Waals surface area contributed by atoms with Gasteiger partial charge in [-0.2, -0.15) is 0 Å². The van der Waals surface area contributed by atoms with Crippen LogP contribution >= 0.6 is 0 Å². The molecule has 0 bridgehead atoms. The van der Waals surface area contributed by atoms with Gasteiger partial charge in [0.15, 0.2) is 0 Å². The Morgan fingerprint density at radius 3 is 2.48 bits per heavy atom. The van der Waals surface area contributed by atoms with E-state index in [1.54, 1.807) is 38.4 Å². The molecule has 0 radical (unpaired) electrons. The van der Waals surface area contributed by atoms with Gasteiger partial charge < -0.3 is 19.7 Å². The molecule has 0 saturated carbocycles. The number of ether oxygens (including phenoxy) is 2. The van der Waals surface area contributed by atoms with E-state index in [9.17, 15) is 14.4 Å². The minimum atomic E-state index is -0.703. The van der Waals surface area contributed by atoms with Crippen LogP contribution in [0.3, 0.4) is 0 Å². The molecule has 1 aromatic rings. The molecular weight excluding hydrogens is 326 g/mol. The van der Waals surface area contributed by atoms with Crippen molar-refractivity contribution in [2.24, 2.45) is 11.8 Å². The van der Waals surface area contributed by atoms with Gasteiger partial charge in [-0.05, 0) is 32.4 Å². The van der Waals surface area contributed by atoms with Crippen LogP contribution in [0.4, 0.5) is 10.5 Å². The van der Waals surface area contributed by atoms with Crippen LogP contribution in [0.2, 0.25) is 0 Å². The van der Waals surface area contributed by atoms with Crippen molar-refractivity contribution in [3.8, 4) is 0 Å². The normalized spacial score (nSPS) is 19.8. The molecular formula is C17H23N3O5.